The van der Waals surface area contributed by atoms with Crippen LogP contribution in [0, 0.1) is 5.92 Å². The molecule has 2 unspecified atom stereocenters. The summed E-state index contributed by atoms with van der Waals surface area (Å²) < 4.78 is 4.49. The van der Waals surface area contributed by atoms with E-state index in [-0.39, 0.29) is 12.5 Å². The largest absolute Gasteiger partial charge is 0.467 e. The van der Waals surface area contributed by atoms with Crippen molar-refractivity contribution in [2.75, 3.05) is 20.2 Å². The van der Waals surface area contributed by atoms with Crippen LogP contribution in [0.1, 0.15) is 26.7 Å². The third-order valence-electron chi connectivity index (χ3n) is 3.00. The van der Waals surface area contributed by atoms with Crippen molar-refractivity contribution >= 4 is 11.9 Å². The number of ether oxygens (including phenoxy) is 1. The van der Waals surface area contributed by atoms with Crippen LogP contribution in [0.5, 0.6) is 0 Å². The summed E-state index contributed by atoms with van der Waals surface area (Å²) >= 11 is 0. The fourth-order valence-electron chi connectivity index (χ4n) is 1.94. The van der Waals surface area contributed by atoms with Crippen LogP contribution < -0.4 is 0 Å². The van der Waals surface area contributed by atoms with Crippen molar-refractivity contribution in [3.05, 3.63) is 0 Å². The molecule has 0 aromatic rings. The minimum Gasteiger partial charge on any atom is -0.467 e. The summed E-state index contributed by atoms with van der Waals surface area (Å²) in [6, 6.07) is 0. The highest BCUT2D eigenvalue weighted by atomic mass is 16.5. The van der Waals surface area contributed by atoms with Crippen molar-refractivity contribution in [3.63, 3.8) is 0 Å². The Morgan fingerprint density at radius 3 is 2.75 bits per heavy atom. The number of likely N-dealkylation sites (tertiary alicyclic amines) is 1. The first-order valence-electron chi connectivity index (χ1n) is 5.49. The number of methoxy groups -OCH3 is 1. The van der Waals surface area contributed by atoms with Crippen LogP contribution in [-0.2, 0) is 14.3 Å². The number of β-amino-alcohol motifs (C(OH)–C–C–N with tert-alkyl or cyclic N) is 1. The average Bonchev–Trinajstić information content (AvgIpc) is 2.57. The summed E-state index contributed by atoms with van der Waals surface area (Å²) in [5.74, 6) is -0.378. The van der Waals surface area contributed by atoms with Gasteiger partial charge in [-0.1, -0.05) is 13.3 Å². The van der Waals surface area contributed by atoms with E-state index >= 15 is 0 Å². The molecule has 92 valence electrons. The van der Waals surface area contributed by atoms with Crippen LogP contribution in [0.15, 0.2) is 0 Å². The van der Waals surface area contributed by atoms with E-state index < -0.39 is 11.6 Å². The fraction of sp³-hybridized carbons (Fsp3) is 0.818. The van der Waals surface area contributed by atoms with Gasteiger partial charge in [0.25, 0.3) is 0 Å². The number of amides is 1. The highest BCUT2D eigenvalue weighted by Crippen LogP contribution is 2.22. The lowest BCUT2D eigenvalue weighted by Gasteiger charge is -2.26. The van der Waals surface area contributed by atoms with Gasteiger partial charge in [-0.25, -0.2) is 4.79 Å². The average molecular weight is 229 g/mol. The smallest absolute Gasteiger partial charge is 0.339 e. The van der Waals surface area contributed by atoms with Crippen molar-refractivity contribution in [2.24, 2.45) is 5.92 Å². The third-order valence-corrected chi connectivity index (χ3v) is 3.00. The zero-order chi connectivity index (χ0) is 12.3. The molecule has 1 saturated heterocycles. The van der Waals surface area contributed by atoms with E-state index in [0.717, 1.165) is 6.42 Å². The number of hydrogen-bond donors (Lipinski definition) is 1. The van der Waals surface area contributed by atoms with Crippen molar-refractivity contribution in [2.45, 2.75) is 32.3 Å². The standard InChI is InChI=1S/C11H19NO4/c1-4-8-5-9(13)12(6-8)7-11(2,15)10(14)16-3/h8,15H,4-7H2,1-3H3. The molecule has 1 aliphatic rings. The van der Waals surface area contributed by atoms with Gasteiger partial charge in [-0.05, 0) is 12.8 Å². The summed E-state index contributed by atoms with van der Waals surface area (Å²) in [6.07, 6.45) is 1.44. The maximum atomic E-state index is 11.6. The van der Waals surface area contributed by atoms with Gasteiger partial charge in [0.15, 0.2) is 5.60 Å². The van der Waals surface area contributed by atoms with Gasteiger partial charge >= 0.3 is 5.97 Å². The minimum atomic E-state index is -1.62. The lowest BCUT2D eigenvalue weighted by atomic mass is 10.1. The van der Waals surface area contributed by atoms with E-state index in [9.17, 15) is 14.7 Å². The van der Waals surface area contributed by atoms with Crippen LogP contribution >= 0.6 is 0 Å². The number of carbonyl (C=O) groups is 2. The first-order valence-corrected chi connectivity index (χ1v) is 5.49. The maximum absolute atomic E-state index is 11.6. The number of hydrogen-bond acceptors (Lipinski definition) is 4. The van der Waals surface area contributed by atoms with Gasteiger partial charge in [-0.15, -0.1) is 0 Å². The second-order valence-electron chi connectivity index (χ2n) is 4.52. The molecule has 1 N–H and O–H groups in total. The zero-order valence-corrected chi connectivity index (χ0v) is 10.0. The Morgan fingerprint density at radius 2 is 2.31 bits per heavy atom. The molecule has 0 saturated carbocycles. The molecule has 5 heteroatoms. The Labute approximate surface area is 95.4 Å². The van der Waals surface area contributed by atoms with Crippen LogP contribution in [0.25, 0.3) is 0 Å². The second-order valence-corrected chi connectivity index (χ2v) is 4.52. The van der Waals surface area contributed by atoms with Gasteiger partial charge in [-0.3, -0.25) is 4.79 Å². The molecule has 0 bridgehead atoms. The molecule has 0 aromatic carbocycles. The van der Waals surface area contributed by atoms with Crippen LogP contribution in [0.2, 0.25) is 0 Å². The quantitative estimate of drug-likeness (QED) is 0.698. The normalized spacial score (nSPS) is 24.4. The molecular formula is C11H19NO4. The molecule has 1 rings (SSSR count). The lowest BCUT2D eigenvalue weighted by Crippen LogP contribution is -2.47. The molecule has 16 heavy (non-hydrogen) atoms. The van der Waals surface area contributed by atoms with Gasteiger partial charge in [-0.2, -0.15) is 0 Å². The second kappa shape index (κ2) is 4.82. The molecule has 1 heterocycles. The van der Waals surface area contributed by atoms with Crippen molar-refractivity contribution in [1.82, 2.24) is 4.90 Å². The molecule has 2 atom stereocenters. The third kappa shape index (κ3) is 2.72. The molecule has 0 radical (unpaired) electrons. The summed E-state index contributed by atoms with van der Waals surface area (Å²) in [5, 5.41) is 9.85. The fourth-order valence-corrected chi connectivity index (χ4v) is 1.94. The number of rotatable bonds is 4. The van der Waals surface area contributed by atoms with Crippen LogP contribution in [-0.4, -0.2) is 47.7 Å². The van der Waals surface area contributed by atoms with Gasteiger partial charge < -0.3 is 14.7 Å². The van der Waals surface area contributed by atoms with Crippen molar-refractivity contribution < 1.29 is 19.4 Å². The van der Waals surface area contributed by atoms with Gasteiger partial charge in [0.05, 0.1) is 13.7 Å². The summed E-state index contributed by atoms with van der Waals surface area (Å²) in [6.45, 7) is 4.02. The molecule has 0 aromatic heterocycles. The van der Waals surface area contributed by atoms with Gasteiger partial charge in [0.2, 0.25) is 5.91 Å². The van der Waals surface area contributed by atoms with E-state index in [1.165, 1.54) is 18.9 Å². The first kappa shape index (κ1) is 13.0. The molecular weight excluding hydrogens is 210 g/mol. The molecule has 1 aliphatic heterocycles. The van der Waals surface area contributed by atoms with E-state index in [1.54, 1.807) is 0 Å². The Morgan fingerprint density at radius 1 is 1.69 bits per heavy atom. The molecule has 1 amide bonds. The van der Waals surface area contributed by atoms with E-state index in [1.807, 2.05) is 6.92 Å². The highest BCUT2D eigenvalue weighted by Gasteiger charge is 2.38. The van der Waals surface area contributed by atoms with E-state index in [0.29, 0.717) is 18.9 Å². The predicted octanol–water partition coefficient (Wildman–Crippen LogP) is 0.169. The summed E-state index contributed by atoms with van der Waals surface area (Å²) in [4.78, 5) is 24.4. The number of nitrogens with zero attached hydrogens (tertiary/aromatic N) is 1. The minimum absolute atomic E-state index is 0.00368. The van der Waals surface area contributed by atoms with Crippen LogP contribution in [0.4, 0.5) is 0 Å². The van der Waals surface area contributed by atoms with Gasteiger partial charge in [0, 0.05) is 13.0 Å². The Hall–Kier alpha value is -1.10. The molecule has 5 nitrogen and oxygen atoms in total. The van der Waals surface area contributed by atoms with Crippen molar-refractivity contribution in [1.29, 1.82) is 0 Å². The summed E-state index contributed by atoms with van der Waals surface area (Å²) in [5.41, 5.74) is -1.62. The van der Waals surface area contributed by atoms with Crippen molar-refractivity contribution in [3.8, 4) is 0 Å². The van der Waals surface area contributed by atoms with Crippen LogP contribution in [0.3, 0.4) is 0 Å². The zero-order valence-electron chi connectivity index (χ0n) is 10.0. The molecule has 0 aliphatic carbocycles. The predicted molar refractivity (Wildman–Crippen MR) is 57.6 cm³/mol. The monoisotopic (exact) mass is 229 g/mol. The maximum Gasteiger partial charge on any atom is 0.339 e. The topological polar surface area (TPSA) is 66.8 Å². The Bertz CT molecular complexity index is 288. The molecule has 0 spiro atoms. The van der Waals surface area contributed by atoms with E-state index in [4.69, 9.17) is 0 Å². The number of carbonyl (C=O) groups excluding carboxylic acids is 2. The Kier molecular flexibility index (Phi) is 3.91. The number of esters is 1. The first-order chi connectivity index (χ1) is 7.40. The molecule has 1 fully saturated rings. The SMILES string of the molecule is CCC1CC(=O)N(CC(C)(O)C(=O)OC)C1. The number of aliphatic hydroxyl groups is 1. The Balaban J connectivity index is 2.61. The van der Waals surface area contributed by atoms with Gasteiger partial charge in [0.1, 0.15) is 0 Å². The lowest BCUT2D eigenvalue weighted by molar-refractivity contribution is -0.163. The highest BCUT2D eigenvalue weighted by molar-refractivity contribution is 5.82. The van der Waals surface area contributed by atoms with E-state index in [2.05, 4.69) is 4.74 Å². The summed E-state index contributed by atoms with van der Waals surface area (Å²) in [7, 11) is 1.22.